The number of rotatable bonds is 1. The molecule has 0 amide bonds. The molecule has 1 saturated heterocycles. The van der Waals surface area contributed by atoms with Crippen molar-refractivity contribution in [1.82, 2.24) is 10.3 Å². The molecule has 1 aliphatic heterocycles. The summed E-state index contributed by atoms with van der Waals surface area (Å²) in [5.41, 5.74) is 1.19. The molecule has 1 unspecified atom stereocenters. The van der Waals surface area contributed by atoms with Crippen LogP contribution in [0.3, 0.4) is 0 Å². The standard InChI is InChI=1S/C10H13BrN2O/c11-10-3-2-8(6-13-10)9-7-14-5-1-4-12-9/h2-3,6,9,12H,1,4-5,7H2. The Labute approximate surface area is 92.0 Å². The van der Waals surface area contributed by atoms with Crippen molar-refractivity contribution in [3.63, 3.8) is 0 Å². The van der Waals surface area contributed by atoms with Crippen molar-refractivity contribution in [1.29, 1.82) is 0 Å². The van der Waals surface area contributed by atoms with E-state index in [2.05, 4.69) is 32.3 Å². The lowest BCUT2D eigenvalue weighted by atomic mass is 10.1. The number of nitrogens with zero attached hydrogens (tertiary/aromatic N) is 1. The van der Waals surface area contributed by atoms with Gasteiger partial charge >= 0.3 is 0 Å². The number of aromatic nitrogens is 1. The Hall–Kier alpha value is -0.450. The van der Waals surface area contributed by atoms with Crippen LogP contribution in [0.4, 0.5) is 0 Å². The highest BCUT2D eigenvalue weighted by atomic mass is 79.9. The fourth-order valence-corrected chi connectivity index (χ4v) is 1.75. The minimum absolute atomic E-state index is 0.290. The average Bonchev–Trinajstić information content (AvgIpc) is 2.47. The molecular formula is C10H13BrN2O. The predicted octanol–water partition coefficient (Wildman–Crippen LogP) is 1.90. The fourth-order valence-electron chi connectivity index (χ4n) is 1.52. The summed E-state index contributed by atoms with van der Waals surface area (Å²) >= 11 is 3.32. The SMILES string of the molecule is Brc1ccc(C2COCCCN2)cn1. The van der Waals surface area contributed by atoms with Gasteiger partial charge in [-0.1, -0.05) is 6.07 Å². The molecule has 3 nitrogen and oxygen atoms in total. The monoisotopic (exact) mass is 256 g/mol. The first-order chi connectivity index (χ1) is 6.86. The highest BCUT2D eigenvalue weighted by molar-refractivity contribution is 9.10. The van der Waals surface area contributed by atoms with Gasteiger partial charge in [-0.05, 0) is 40.5 Å². The summed E-state index contributed by atoms with van der Waals surface area (Å²) in [6.45, 7) is 2.61. The lowest BCUT2D eigenvalue weighted by Gasteiger charge is -2.14. The van der Waals surface area contributed by atoms with Gasteiger partial charge in [0.2, 0.25) is 0 Å². The maximum atomic E-state index is 5.49. The number of halogens is 1. The number of ether oxygens (including phenoxy) is 1. The molecule has 1 N–H and O–H groups in total. The molecule has 1 aromatic rings. The molecule has 76 valence electrons. The zero-order valence-corrected chi connectivity index (χ0v) is 9.46. The van der Waals surface area contributed by atoms with Crippen molar-refractivity contribution < 1.29 is 4.74 Å². The number of pyridine rings is 1. The average molecular weight is 257 g/mol. The zero-order valence-electron chi connectivity index (χ0n) is 7.87. The largest absolute Gasteiger partial charge is 0.379 e. The van der Waals surface area contributed by atoms with Gasteiger partial charge in [-0.15, -0.1) is 0 Å². The summed E-state index contributed by atoms with van der Waals surface area (Å²) in [5, 5.41) is 3.44. The summed E-state index contributed by atoms with van der Waals surface area (Å²) in [7, 11) is 0. The van der Waals surface area contributed by atoms with Gasteiger partial charge in [-0.3, -0.25) is 0 Å². The van der Waals surface area contributed by atoms with Crippen LogP contribution in [0.25, 0.3) is 0 Å². The van der Waals surface area contributed by atoms with E-state index in [4.69, 9.17) is 4.74 Å². The lowest BCUT2D eigenvalue weighted by molar-refractivity contribution is 0.131. The van der Waals surface area contributed by atoms with E-state index in [1.165, 1.54) is 5.56 Å². The van der Waals surface area contributed by atoms with Crippen molar-refractivity contribution in [2.75, 3.05) is 19.8 Å². The van der Waals surface area contributed by atoms with Gasteiger partial charge in [0.1, 0.15) is 4.60 Å². The molecule has 0 spiro atoms. The smallest absolute Gasteiger partial charge is 0.106 e. The molecule has 14 heavy (non-hydrogen) atoms. The van der Waals surface area contributed by atoms with E-state index >= 15 is 0 Å². The van der Waals surface area contributed by atoms with Crippen LogP contribution in [-0.2, 0) is 4.74 Å². The van der Waals surface area contributed by atoms with Crippen LogP contribution in [0.15, 0.2) is 22.9 Å². The molecule has 1 atom stereocenters. The van der Waals surface area contributed by atoms with Gasteiger partial charge in [-0.25, -0.2) is 4.98 Å². The van der Waals surface area contributed by atoms with Crippen molar-refractivity contribution in [3.8, 4) is 0 Å². The van der Waals surface area contributed by atoms with Gasteiger partial charge in [0.15, 0.2) is 0 Å². The zero-order chi connectivity index (χ0) is 9.80. The maximum absolute atomic E-state index is 5.49. The third-order valence-electron chi connectivity index (χ3n) is 2.29. The Morgan fingerprint density at radius 2 is 2.43 bits per heavy atom. The topological polar surface area (TPSA) is 34.1 Å². The normalized spacial score (nSPS) is 23.1. The first-order valence-electron chi connectivity index (χ1n) is 4.79. The quantitative estimate of drug-likeness (QED) is 0.780. The molecule has 1 aliphatic rings. The Bertz CT molecular complexity index is 281. The summed E-state index contributed by atoms with van der Waals surface area (Å²) in [4.78, 5) is 4.21. The van der Waals surface area contributed by atoms with Crippen LogP contribution in [0.1, 0.15) is 18.0 Å². The molecule has 2 rings (SSSR count). The number of hydrogen-bond donors (Lipinski definition) is 1. The Morgan fingerprint density at radius 3 is 3.21 bits per heavy atom. The van der Waals surface area contributed by atoms with Crippen molar-refractivity contribution in [2.24, 2.45) is 0 Å². The second kappa shape index (κ2) is 4.87. The minimum atomic E-state index is 0.290. The van der Waals surface area contributed by atoms with Crippen molar-refractivity contribution in [3.05, 3.63) is 28.5 Å². The second-order valence-electron chi connectivity index (χ2n) is 3.35. The van der Waals surface area contributed by atoms with E-state index in [-0.39, 0.29) is 6.04 Å². The van der Waals surface area contributed by atoms with Crippen molar-refractivity contribution >= 4 is 15.9 Å². The Kier molecular flexibility index (Phi) is 3.50. The van der Waals surface area contributed by atoms with Crippen LogP contribution >= 0.6 is 15.9 Å². The predicted molar refractivity (Wildman–Crippen MR) is 58.1 cm³/mol. The first kappa shape index (κ1) is 10.1. The molecule has 1 aromatic heterocycles. The summed E-state index contributed by atoms with van der Waals surface area (Å²) in [6.07, 6.45) is 2.97. The van der Waals surface area contributed by atoms with Gasteiger partial charge in [-0.2, -0.15) is 0 Å². The van der Waals surface area contributed by atoms with E-state index in [1.807, 2.05) is 12.3 Å². The van der Waals surface area contributed by atoms with Crippen LogP contribution in [0.2, 0.25) is 0 Å². The summed E-state index contributed by atoms with van der Waals surface area (Å²) in [5.74, 6) is 0. The van der Waals surface area contributed by atoms with E-state index < -0.39 is 0 Å². The van der Waals surface area contributed by atoms with E-state index in [1.54, 1.807) is 0 Å². The molecule has 2 heterocycles. The molecule has 0 saturated carbocycles. The van der Waals surface area contributed by atoms with Crippen LogP contribution in [0.5, 0.6) is 0 Å². The molecule has 1 fully saturated rings. The third kappa shape index (κ3) is 2.53. The highest BCUT2D eigenvalue weighted by Crippen LogP contribution is 2.16. The lowest BCUT2D eigenvalue weighted by Crippen LogP contribution is -2.23. The molecule has 4 heteroatoms. The van der Waals surface area contributed by atoms with Crippen LogP contribution in [-0.4, -0.2) is 24.7 Å². The van der Waals surface area contributed by atoms with Crippen LogP contribution in [0, 0.1) is 0 Å². The highest BCUT2D eigenvalue weighted by Gasteiger charge is 2.13. The molecule has 0 radical (unpaired) electrons. The molecule has 0 aliphatic carbocycles. The molecular weight excluding hydrogens is 244 g/mol. The summed E-state index contributed by atoms with van der Waals surface area (Å²) < 4.78 is 6.36. The first-order valence-corrected chi connectivity index (χ1v) is 5.58. The van der Waals surface area contributed by atoms with Gasteiger partial charge in [0.05, 0.1) is 12.6 Å². The third-order valence-corrected chi connectivity index (χ3v) is 2.76. The van der Waals surface area contributed by atoms with Gasteiger partial charge < -0.3 is 10.1 Å². The minimum Gasteiger partial charge on any atom is -0.379 e. The van der Waals surface area contributed by atoms with E-state index in [9.17, 15) is 0 Å². The molecule has 0 bridgehead atoms. The number of nitrogens with one attached hydrogen (secondary N) is 1. The number of hydrogen-bond acceptors (Lipinski definition) is 3. The maximum Gasteiger partial charge on any atom is 0.106 e. The van der Waals surface area contributed by atoms with Gasteiger partial charge in [0, 0.05) is 12.8 Å². The molecule has 0 aromatic carbocycles. The van der Waals surface area contributed by atoms with E-state index in [0.717, 1.165) is 30.8 Å². The fraction of sp³-hybridized carbons (Fsp3) is 0.500. The van der Waals surface area contributed by atoms with Crippen LogP contribution < -0.4 is 5.32 Å². The Balaban J connectivity index is 2.08. The Morgan fingerprint density at radius 1 is 1.50 bits per heavy atom. The second-order valence-corrected chi connectivity index (χ2v) is 4.16. The van der Waals surface area contributed by atoms with E-state index in [0.29, 0.717) is 0 Å². The summed E-state index contributed by atoms with van der Waals surface area (Å²) in [6, 6.07) is 4.32. The van der Waals surface area contributed by atoms with Gasteiger partial charge in [0.25, 0.3) is 0 Å². The van der Waals surface area contributed by atoms with Crippen molar-refractivity contribution in [2.45, 2.75) is 12.5 Å².